The maximum Gasteiger partial charge on any atom is 0.213 e. The molecule has 0 aliphatic rings. The molecular weight excluding hydrogens is 224 g/mol. The first-order valence-corrected chi connectivity index (χ1v) is 7.44. The van der Waals surface area contributed by atoms with Gasteiger partial charge in [0, 0.05) is 13.6 Å². The van der Waals surface area contributed by atoms with Gasteiger partial charge in [0.15, 0.2) is 0 Å². The summed E-state index contributed by atoms with van der Waals surface area (Å²) in [5.41, 5.74) is 0.279. The van der Waals surface area contributed by atoms with Crippen molar-refractivity contribution >= 4 is 10.0 Å². The predicted molar refractivity (Wildman–Crippen MR) is 69.0 cm³/mol. The van der Waals surface area contributed by atoms with E-state index in [9.17, 15) is 8.42 Å². The van der Waals surface area contributed by atoms with Crippen molar-refractivity contribution in [2.75, 3.05) is 32.4 Å². The van der Waals surface area contributed by atoms with Crippen LogP contribution in [0.5, 0.6) is 0 Å². The summed E-state index contributed by atoms with van der Waals surface area (Å²) >= 11 is 0. The smallest absolute Gasteiger partial charge is 0.213 e. The van der Waals surface area contributed by atoms with E-state index in [0.717, 1.165) is 19.5 Å². The normalized spacial score (nSPS) is 13.4. The van der Waals surface area contributed by atoms with Crippen LogP contribution < -0.4 is 5.32 Å². The van der Waals surface area contributed by atoms with Crippen LogP contribution in [0.1, 0.15) is 34.1 Å². The van der Waals surface area contributed by atoms with Gasteiger partial charge in [0.25, 0.3) is 0 Å². The topological polar surface area (TPSA) is 49.4 Å². The van der Waals surface area contributed by atoms with Crippen LogP contribution in [0.2, 0.25) is 0 Å². The number of nitrogens with one attached hydrogen (secondary N) is 1. The molecule has 5 heteroatoms. The second kappa shape index (κ2) is 6.57. The van der Waals surface area contributed by atoms with Crippen molar-refractivity contribution in [3.8, 4) is 0 Å². The Labute approximate surface area is 100 Å². The first-order chi connectivity index (χ1) is 7.19. The van der Waals surface area contributed by atoms with Gasteiger partial charge in [-0.05, 0) is 31.8 Å². The van der Waals surface area contributed by atoms with Crippen LogP contribution in [0.25, 0.3) is 0 Å². The molecule has 0 aliphatic carbocycles. The fourth-order valence-corrected chi connectivity index (χ4v) is 2.10. The quantitative estimate of drug-likeness (QED) is 0.693. The molecule has 0 heterocycles. The molecule has 0 unspecified atom stereocenters. The Kier molecular flexibility index (Phi) is 6.51. The molecule has 0 aromatic rings. The van der Waals surface area contributed by atoms with E-state index in [1.807, 2.05) is 0 Å². The van der Waals surface area contributed by atoms with Gasteiger partial charge in [-0.2, -0.15) is 0 Å². The van der Waals surface area contributed by atoms with Gasteiger partial charge in [0.1, 0.15) is 0 Å². The van der Waals surface area contributed by atoms with E-state index >= 15 is 0 Å². The molecular formula is C11H26N2O2S. The first kappa shape index (κ1) is 15.9. The highest BCUT2D eigenvalue weighted by molar-refractivity contribution is 7.89. The van der Waals surface area contributed by atoms with E-state index in [0.29, 0.717) is 6.54 Å². The van der Waals surface area contributed by atoms with Crippen LogP contribution in [0.3, 0.4) is 0 Å². The van der Waals surface area contributed by atoms with Crippen LogP contribution in [0.15, 0.2) is 0 Å². The fraction of sp³-hybridized carbons (Fsp3) is 1.00. The molecule has 0 aromatic heterocycles. The molecule has 0 fully saturated rings. The second-order valence-corrected chi connectivity index (χ2v) is 7.68. The van der Waals surface area contributed by atoms with Crippen LogP contribution in [0, 0.1) is 5.41 Å². The van der Waals surface area contributed by atoms with E-state index in [2.05, 4.69) is 26.1 Å². The summed E-state index contributed by atoms with van der Waals surface area (Å²) in [6.07, 6.45) is 0.853. The third-order valence-electron chi connectivity index (χ3n) is 2.32. The highest BCUT2D eigenvalue weighted by Gasteiger charge is 2.14. The molecule has 16 heavy (non-hydrogen) atoms. The van der Waals surface area contributed by atoms with Crippen molar-refractivity contribution in [2.24, 2.45) is 5.41 Å². The lowest BCUT2D eigenvalue weighted by atomic mass is 9.97. The Bertz CT molecular complexity index is 281. The van der Waals surface area contributed by atoms with Gasteiger partial charge >= 0.3 is 0 Å². The van der Waals surface area contributed by atoms with Crippen molar-refractivity contribution < 1.29 is 8.42 Å². The minimum Gasteiger partial charge on any atom is -0.316 e. The first-order valence-electron chi connectivity index (χ1n) is 5.84. The number of sulfonamides is 1. The minimum absolute atomic E-state index is 0.179. The van der Waals surface area contributed by atoms with Crippen molar-refractivity contribution in [2.45, 2.75) is 34.1 Å². The molecule has 4 nitrogen and oxygen atoms in total. The molecule has 0 aromatic carbocycles. The molecule has 0 saturated heterocycles. The van der Waals surface area contributed by atoms with Crippen LogP contribution in [-0.4, -0.2) is 45.2 Å². The summed E-state index contributed by atoms with van der Waals surface area (Å²) < 4.78 is 24.3. The summed E-state index contributed by atoms with van der Waals surface area (Å²) in [6, 6.07) is 0. The molecule has 98 valence electrons. The zero-order valence-electron chi connectivity index (χ0n) is 11.2. The van der Waals surface area contributed by atoms with Crippen molar-refractivity contribution in [1.29, 1.82) is 0 Å². The highest BCUT2D eigenvalue weighted by atomic mass is 32.2. The second-order valence-electron chi connectivity index (χ2n) is 5.31. The molecule has 0 amide bonds. The molecule has 0 radical (unpaired) electrons. The lowest BCUT2D eigenvalue weighted by Crippen LogP contribution is -2.33. The molecule has 0 spiro atoms. The Morgan fingerprint density at radius 2 is 1.81 bits per heavy atom. The summed E-state index contributed by atoms with van der Waals surface area (Å²) in [4.78, 5) is 0. The summed E-state index contributed by atoms with van der Waals surface area (Å²) in [5.74, 6) is 0.179. The largest absolute Gasteiger partial charge is 0.316 e. The van der Waals surface area contributed by atoms with Crippen LogP contribution >= 0.6 is 0 Å². The van der Waals surface area contributed by atoms with Gasteiger partial charge in [0.05, 0.1) is 5.75 Å². The van der Waals surface area contributed by atoms with Gasteiger partial charge in [-0.15, -0.1) is 0 Å². The highest BCUT2D eigenvalue weighted by Crippen LogP contribution is 2.10. The van der Waals surface area contributed by atoms with Crippen molar-refractivity contribution in [3.63, 3.8) is 0 Å². The Morgan fingerprint density at radius 3 is 2.25 bits per heavy atom. The van der Waals surface area contributed by atoms with Crippen molar-refractivity contribution in [3.05, 3.63) is 0 Å². The lowest BCUT2D eigenvalue weighted by molar-refractivity contribution is 0.372. The van der Waals surface area contributed by atoms with E-state index in [4.69, 9.17) is 0 Å². The number of rotatable bonds is 7. The van der Waals surface area contributed by atoms with Gasteiger partial charge in [0.2, 0.25) is 10.0 Å². The molecule has 0 rings (SSSR count). The summed E-state index contributed by atoms with van der Waals surface area (Å²) in [7, 11) is -1.37. The average molecular weight is 250 g/mol. The van der Waals surface area contributed by atoms with Gasteiger partial charge in [-0.25, -0.2) is 12.7 Å². The van der Waals surface area contributed by atoms with Crippen molar-refractivity contribution in [1.82, 2.24) is 9.62 Å². The number of hydrogen-bond donors (Lipinski definition) is 1. The Morgan fingerprint density at radius 1 is 1.25 bits per heavy atom. The molecule has 0 bridgehead atoms. The monoisotopic (exact) mass is 250 g/mol. The number of nitrogens with zero attached hydrogens (tertiary/aromatic N) is 1. The fourth-order valence-electron chi connectivity index (χ4n) is 1.25. The molecule has 1 N–H and O–H groups in total. The molecule has 0 saturated carbocycles. The zero-order valence-corrected chi connectivity index (χ0v) is 12.0. The SMILES string of the molecule is CCS(=O)(=O)N(C)CCCNCC(C)(C)C. The van der Waals surface area contributed by atoms with E-state index in [1.54, 1.807) is 14.0 Å². The maximum absolute atomic E-state index is 11.4. The van der Waals surface area contributed by atoms with Gasteiger partial charge in [-0.1, -0.05) is 20.8 Å². The van der Waals surface area contributed by atoms with E-state index in [-0.39, 0.29) is 11.2 Å². The maximum atomic E-state index is 11.4. The minimum atomic E-state index is -3.01. The van der Waals surface area contributed by atoms with E-state index < -0.39 is 10.0 Å². The van der Waals surface area contributed by atoms with Crippen LogP contribution in [0.4, 0.5) is 0 Å². The lowest BCUT2D eigenvalue weighted by Gasteiger charge is -2.20. The predicted octanol–water partition coefficient (Wildman–Crippen LogP) is 1.29. The third-order valence-corrected chi connectivity index (χ3v) is 4.18. The van der Waals surface area contributed by atoms with Crippen LogP contribution in [-0.2, 0) is 10.0 Å². The molecule has 0 atom stereocenters. The summed E-state index contributed by atoms with van der Waals surface area (Å²) in [5, 5.41) is 3.33. The van der Waals surface area contributed by atoms with Gasteiger partial charge < -0.3 is 5.32 Å². The molecule has 0 aliphatic heterocycles. The zero-order chi connectivity index (χ0) is 12.8. The standard InChI is InChI=1S/C11H26N2O2S/c1-6-16(14,15)13(5)9-7-8-12-10-11(2,3)4/h12H,6-10H2,1-5H3. The Balaban J connectivity index is 3.68. The third kappa shape index (κ3) is 7.19. The Hall–Kier alpha value is -0.130. The average Bonchev–Trinajstić information content (AvgIpc) is 2.15. The summed E-state index contributed by atoms with van der Waals surface area (Å²) in [6.45, 7) is 10.6. The number of hydrogen-bond acceptors (Lipinski definition) is 3. The van der Waals surface area contributed by atoms with Gasteiger partial charge in [-0.3, -0.25) is 0 Å². The van der Waals surface area contributed by atoms with E-state index in [1.165, 1.54) is 4.31 Å².